The number of imidazole rings is 1. The molecule has 2 aromatic heterocycles. The number of fused-ring (bicyclic) bond motifs is 4. The largest absolute Gasteiger partial charge is 0.381 e. The van der Waals surface area contributed by atoms with Crippen LogP contribution in [0.2, 0.25) is 0 Å². The minimum atomic E-state index is -0.0154. The van der Waals surface area contributed by atoms with Crippen LogP contribution in [0.1, 0.15) is 29.7 Å². The maximum Gasteiger partial charge on any atom is 0.236 e. The van der Waals surface area contributed by atoms with Crippen LogP contribution >= 0.6 is 0 Å². The molecular weight excluding hydrogens is 412 g/mol. The van der Waals surface area contributed by atoms with E-state index in [0.29, 0.717) is 23.2 Å². The first-order chi connectivity index (χ1) is 16.1. The summed E-state index contributed by atoms with van der Waals surface area (Å²) >= 11 is 0. The Morgan fingerprint density at radius 3 is 2.79 bits per heavy atom. The molecule has 2 aliphatic rings. The number of aromatic nitrogens is 3. The van der Waals surface area contributed by atoms with Crippen molar-refractivity contribution in [3.05, 3.63) is 65.5 Å². The van der Waals surface area contributed by atoms with Crippen molar-refractivity contribution >= 4 is 28.2 Å². The van der Waals surface area contributed by atoms with Gasteiger partial charge in [0.25, 0.3) is 0 Å². The van der Waals surface area contributed by atoms with Gasteiger partial charge in [0.05, 0.1) is 36.4 Å². The minimum absolute atomic E-state index is 0.0154. The molecule has 2 aliphatic heterocycles. The summed E-state index contributed by atoms with van der Waals surface area (Å²) in [4.78, 5) is 11.8. The van der Waals surface area contributed by atoms with E-state index >= 15 is 0 Å². The van der Waals surface area contributed by atoms with Crippen LogP contribution < -0.4 is 10.2 Å². The zero-order valence-corrected chi connectivity index (χ0v) is 18.8. The molecule has 6 rings (SSSR count). The smallest absolute Gasteiger partial charge is 0.236 e. The topological polar surface area (TPSA) is 78.5 Å². The Hall–Kier alpha value is -3.63. The second kappa shape index (κ2) is 7.75. The van der Waals surface area contributed by atoms with Gasteiger partial charge in [-0.1, -0.05) is 12.1 Å². The second-order valence-electron chi connectivity index (χ2n) is 9.22. The third kappa shape index (κ3) is 3.30. The van der Waals surface area contributed by atoms with Gasteiger partial charge in [-0.3, -0.25) is 4.40 Å². The second-order valence-corrected chi connectivity index (χ2v) is 9.22. The molecule has 7 nitrogen and oxygen atoms in total. The number of rotatable bonds is 4. The summed E-state index contributed by atoms with van der Waals surface area (Å²) in [6, 6.07) is 14.8. The van der Waals surface area contributed by atoms with Gasteiger partial charge in [-0.25, -0.2) is 4.98 Å². The van der Waals surface area contributed by atoms with Gasteiger partial charge in [-0.2, -0.15) is 10.2 Å². The SMILES string of the molecule is Cc1c(C#N)cccc1C(C)Nc1nc2nccn2c2ccc(N3CC4COCC4C3)cc12. The van der Waals surface area contributed by atoms with E-state index in [1.807, 2.05) is 29.7 Å². The fraction of sp³-hybridized carbons (Fsp3) is 0.346. The molecule has 2 aromatic carbocycles. The van der Waals surface area contributed by atoms with Crippen LogP contribution in [0.15, 0.2) is 48.8 Å². The molecule has 0 radical (unpaired) electrons. The van der Waals surface area contributed by atoms with Gasteiger partial charge in [0.15, 0.2) is 0 Å². The predicted molar refractivity (Wildman–Crippen MR) is 128 cm³/mol. The highest BCUT2D eigenvalue weighted by Gasteiger charge is 2.37. The monoisotopic (exact) mass is 438 g/mol. The van der Waals surface area contributed by atoms with E-state index in [0.717, 1.165) is 54.2 Å². The highest BCUT2D eigenvalue weighted by molar-refractivity contribution is 5.94. The molecule has 0 amide bonds. The van der Waals surface area contributed by atoms with Gasteiger partial charge in [0, 0.05) is 48.4 Å². The number of nitriles is 1. The molecule has 0 bridgehead atoms. The van der Waals surface area contributed by atoms with Crippen LogP contribution in [-0.4, -0.2) is 40.7 Å². The fourth-order valence-corrected chi connectivity index (χ4v) is 5.38. The van der Waals surface area contributed by atoms with Crippen molar-refractivity contribution in [3.63, 3.8) is 0 Å². The van der Waals surface area contributed by atoms with Gasteiger partial charge >= 0.3 is 0 Å². The molecule has 3 unspecified atom stereocenters. The number of ether oxygens (including phenoxy) is 1. The molecule has 0 aliphatic carbocycles. The Morgan fingerprint density at radius 2 is 2.00 bits per heavy atom. The van der Waals surface area contributed by atoms with E-state index in [2.05, 4.69) is 52.5 Å². The van der Waals surface area contributed by atoms with Crippen LogP contribution in [0.3, 0.4) is 0 Å². The molecule has 33 heavy (non-hydrogen) atoms. The lowest BCUT2D eigenvalue weighted by Crippen LogP contribution is -2.22. The lowest BCUT2D eigenvalue weighted by atomic mass is 9.98. The molecule has 2 saturated heterocycles. The molecule has 3 atom stereocenters. The lowest BCUT2D eigenvalue weighted by molar-refractivity contribution is 0.177. The van der Waals surface area contributed by atoms with E-state index in [-0.39, 0.29) is 6.04 Å². The summed E-state index contributed by atoms with van der Waals surface area (Å²) in [7, 11) is 0. The molecule has 1 N–H and O–H groups in total. The number of anilines is 2. The minimum Gasteiger partial charge on any atom is -0.381 e. The normalized spacial score (nSPS) is 20.8. The first-order valence-corrected chi connectivity index (χ1v) is 11.5. The maximum absolute atomic E-state index is 9.44. The van der Waals surface area contributed by atoms with E-state index in [1.54, 1.807) is 6.20 Å². The highest BCUT2D eigenvalue weighted by atomic mass is 16.5. The average Bonchev–Trinajstić information content (AvgIpc) is 3.55. The molecule has 0 saturated carbocycles. The van der Waals surface area contributed by atoms with Crippen LogP contribution in [-0.2, 0) is 4.74 Å². The number of hydrogen-bond donors (Lipinski definition) is 1. The van der Waals surface area contributed by atoms with Crippen LogP contribution in [0.5, 0.6) is 0 Å². The predicted octanol–water partition coefficient (Wildman–Crippen LogP) is 4.32. The van der Waals surface area contributed by atoms with Crippen LogP contribution in [0, 0.1) is 30.1 Å². The Balaban J connectivity index is 1.41. The van der Waals surface area contributed by atoms with Crippen molar-refractivity contribution in [2.45, 2.75) is 19.9 Å². The molecule has 4 aromatic rings. The molecule has 4 heterocycles. The number of benzene rings is 2. The van der Waals surface area contributed by atoms with E-state index in [4.69, 9.17) is 9.72 Å². The van der Waals surface area contributed by atoms with Crippen molar-refractivity contribution in [2.24, 2.45) is 11.8 Å². The van der Waals surface area contributed by atoms with Crippen molar-refractivity contribution in [2.75, 3.05) is 36.5 Å². The molecule has 166 valence electrons. The summed E-state index contributed by atoms with van der Waals surface area (Å²) < 4.78 is 7.69. The fourth-order valence-electron chi connectivity index (χ4n) is 5.38. The Kier molecular flexibility index (Phi) is 4.70. The summed E-state index contributed by atoms with van der Waals surface area (Å²) in [6.45, 7) is 7.93. The Bertz CT molecular complexity index is 1390. The first-order valence-electron chi connectivity index (χ1n) is 11.5. The van der Waals surface area contributed by atoms with E-state index in [1.165, 1.54) is 5.69 Å². The van der Waals surface area contributed by atoms with Crippen molar-refractivity contribution in [1.82, 2.24) is 14.4 Å². The van der Waals surface area contributed by atoms with E-state index in [9.17, 15) is 5.26 Å². The van der Waals surface area contributed by atoms with Crippen LogP contribution in [0.25, 0.3) is 16.7 Å². The summed E-state index contributed by atoms with van der Waals surface area (Å²) in [5.41, 5.74) is 5.08. The third-order valence-corrected chi connectivity index (χ3v) is 7.25. The Labute approximate surface area is 192 Å². The maximum atomic E-state index is 9.44. The van der Waals surface area contributed by atoms with Crippen molar-refractivity contribution in [1.29, 1.82) is 5.26 Å². The summed E-state index contributed by atoms with van der Waals surface area (Å²) in [5.74, 6) is 2.73. The summed E-state index contributed by atoms with van der Waals surface area (Å²) in [5, 5.41) is 14.1. The zero-order valence-electron chi connectivity index (χ0n) is 18.8. The molecule has 7 heteroatoms. The molecular formula is C26H26N6O. The van der Waals surface area contributed by atoms with E-state index < -0.39 is 0 Å². The zero-order chi connectivity index (χ0) is 22.5. The third-order valence-electron chi connectivity index (χ3n) is 7.25. The first kappa shape index (κ1) is 20.0. The number of nitrogens with one attached hydrogen (secondary N) is 1. The van der Waals surface area contributed by atoms with Crippen LogP contribution in [0.4, 0.5) is 11.5 Å². The highest BCUT2D eigenvalue weighted by Crippen LogP contribution is 2.36. The van der Waals surface area contributed by atoms with Crippen molar-refractivity contribution in [3.8, 4) is 6.07 Å². The molecule has 2 fully saturated rings. The van der Waals surface area contributed by atoms with Crippen molar-refractivity contribution < 1.29 is 4.74 Å². The van der Waals surface area contributed by atoms with Gasteiger partial charge in [-0.05, 0) is 49.2 Å². The van der Waals surface area contributed by atoms with Gasteiger partial charge < -0.3 is 15.0 Å². The number of nitrogens with zero attached hydrogens (tertiary/aromatic N) is 5. The quantitative estimate of drug-likeness (QED) is 0.511. The lowest BCUT2D eigenvalue weighted by Gasteiger charge is -2.22. The van der Waals surface area contributed by atoms with Gasteiger partial charge in [0.1, 0.15) is 5.82 Å². The standard InChI is InChI=1S/C26H26N6O/c1-16-18(11-27)4-3-5-22(16)17(2)29-25-23-10-21(31-12-19-14-33-15-20(19)13-31)6-7-24(23)32-9-8-28-26(32)30-25/h3-10,17,19-20H,12-15H2,1-2H3,(H,28,29,30). The van der Waals surface area contributed by atoms with Gasteiger partial charge in [0.2, 0.25) is 5.78 Å². The van der Waals surface area contributed by atoms with Gasteiger partial charge in [-0.15, -0.1) is 0 Å². The Morgan fingerprint density at radius 1 is 1.18 bits per heavy atom. The average molecular weight is 439 g/mol. The summed E-state index contributed by atoms with van der Waals surface area (Å²) in [6.07, 6.45) is 3.74. The molecule has 0 spiro atoms. The number of hydrogen-bond acceptors (Lipinski definition) is 6.